The molecule has 2 nitrogen and oxygen atoms in total. The maximum absolute atomic E-state index is 10.2. The molecule has 2 rings (SSSR count). The third-order valence-corrected chi connectivity index (χ3v) is 3.93. The Morgan fingerprint density at radius 1 is 1.17 bits per heavy atom. The Labute approximate surface area is 114 Å². The van der Waals surface area contributed by atoms with Gasteiger partial charge < -0.3 is 10.4 Å². The van der Waals surface area contributed by atoms with Crippen molar-refractivity contribution in [1.29, 1.82) is 0 Å². The molecular weight excluding hydrogens is 246 g/mol. The number of hydrogen-bond acceptors (Lipinski definition) is 2. The first-order valence-electron chi connectivity index (χ1n) is 6.92. The molecule has 0 saturated carbocycles. The molecule has 1 fully saturated rings. The molecule has 0 amide bonds. The van der Waals surface area contributed by atoms with E-state index in [9.17, 15) is 5.11 Å². The van der Waals surface area contributed by atoms with Crippen LogP contribution in [0.5, 0.6) is 0 Å². The lowest BCUT2D eigenvalue weighted by Crippen LogP contribution is -2.32. The summed E-state index contributed by atoms with van der Waals surface area (Å²) >= 11 is 5.85. The molecule has 2 N–H and O–H groups in total. The van der Waals surface area contributed by atoms with Crippen molar-refractivity contribution < 1.29 is 5.11 Å². The molecule has 100 valence electrons. The fraction of sp³-hybridized carbons (Fsp3) is 0.600. The zero-order valence-corrected chi connectivity index (χ0v) is 11.5. The highest BCUT2D eigenvalue weighted by atomic mass is 35.5. The standard InChI is InChI=1S/C15H22ClNO/c16-13-8-6-12(7-9-13)15(18)11-14-5-3-1-2-4-10-17-14/h6-9,14-15,17-18H,1-5,10-11H2. The van der Waals surface area contributed by atoms with Gasteiger partial charge in [-0.15, -0.1) is 0 Å². The van der Waals surface area contributed by atoms with Crippen molar-refractivity contribution in [2.45, 2.75) is 50.7 Å². The van der Waals surface area contributed by atoms with Gasteiger partial charge in [-0.05, 0) is 43.5 Å². The van der Waals surface area contributed by atoms with E-state index in [4.69, 9.17) is 11.6 Å². The van der Waals surface area contributed by atoms with Crippen LogP contribution in [0, 0.1) is 0 Å². The first-order valence-corrected chi connectivity index (χ1v) is 7.30. The minimum atomic E-state index is -0.390. The third-order valence-electron chi connectivity index (χ3n) is 3.67. The first kappa shape index (κ1) is 13.9. The predicted octanol–water partition coefficient (Wildman–Crippen LogP) is 3.69. The van der Waals surface area contributed by atoms with Gasteiger partial charge in [-0.25, -0.2) is 0 Å². The van der Waals surface area contributed by atoms with Crippen LogP contribution in [-0.4, -0.2) is 17.7 Å². The van der Waals surface area contributed by atoms with E-state index in [1.54, 1.807) is 0 Å². The van der Waals surface area contributed by atoms with E-state index < -0.39 is 0 Å². The van der Waals surface area contributed by atoms with Crippen LogP contribution < -0.4 is 5.32 Å². The molecule has 1 aromatic rings. The van der Waals surface area contributed by atoms with E-state index in [2.05, 4.69) is 5.32 Å². The Kier molecular flexibility index (Phi) is 5.48. The van der Waals surface area contributed by atoms with E-state index in [1.165, 1.54) is 32.1 Å². The van der Waals surface area contributed by atoms with Crippen molar-refractivity contribution >= 4 is 11.6 Å². The Morgan fingerprint density at radius 2 is 1.89 bits per heavy atom. The number of halogens is 1. The fourth-order valence-electron chi connectivity index (χ4n) is 2.57. The Balaban J connectivity index is 1.88. The minimum Gasteiger partial charge on any atom is -0.388 e. The largest absolute Gasteiger partial charge is 0.388 e. The van der Waals surface area contributed by atoms with E-state index in [-0.39, 0.29) is 6.10 Å². The first-order chi connectivity index (χ1) is 8.75. The summed E-state index contributed by atoms with van der Waals surface area (Å²) in [5.41, 5.74) is 0.961. The third kappa shape index (κ3) is 4.27. The molecule has 1 aliphatic heterocycles. The van der Waals surface area contributed by atoms with Gasteiger partial charge in [0, 0.05) is 11.1 Å². The summed E-state index contributed by atoms with van der Waals surface area (Å²) in [5, 5.41) is 14.5. The number of rotatable bonds is 3. The van der Waals surface area contributed by atoms with Crippen molar-refractivity contribution in [2.75, 3.05) is 6.54 Å². The topological polar surface area (TPSA) is 32.3 Å². The lowest BCUT2D eigenvalue weighted by Gasteiger charge is -2.24. The summed E-state index contributed by atoms with van der Waals surface area (Å²) in [6, 6.07) is 7.94. The van der Waals surface area contributed by atoms with Gasteiger partial charge in [0.15, 0.2) is 0 Å². The van der Waals surface area contributed by atoms with Crippen molar-refractivity contribution in [2.24, 2.45) is 0 Å². The van der Waals surface area contributed by atoms with Gasteiger partial charge in [-0.1, -0.05) is 43.0 Å². The predicted molar refractivity (Wildman–Crippen MR) is 75.9 cm³/mol. The minimum absolute atomic E-state index is 0.390. The Hall–Kier alpha value is -0.570. The maximum atomic E-state index is 10.2. The summed E-state index contributed by atoms with van der Waals surface area (Å²) in [4.78, 5) is 0. The summed E-state index contributed by atoms with van der Waals surface area (Å²) < 4.78 is 0. The van der Waals surface area contributed by atoms with Gasteiger partial charge >= 0.3 is 0 Å². The van der Waals surface area contributed by atoms with Crippen molar-refractivity contribution in [3.05, 3.63) is 34.9 Å². The SMILES string of the molecule is OC(CC1CCCCCCN1)c1ccc(Cl)cc1. The summed E-state index contributed by atoms with van der Waals surface area (Å²) in [6.07, 6.45) is 6.76. The van der Waals surface area contributed by atoms with Gasteiger partial charge in [0.05, 0.1) is 6.10 Å². The fourth-order valence-corrected chi connectivity index (χ4v) is 2.70. The molecule has 0 aromatic heterocycles. The molecule has 0 aliphatic carbocycles. The molecule has 0 spiro atoms. The van der Waals surface area contributed by atoms with Crippen LogP contribution in [0.15, 0.2) is 24.3 Å². The van der Waals surface area contributed by atoms with Crippen molar-refractivity contribution in [1.82, 2.24) is 5.32 Å². The van der Waals surface area contributed by atoms with Crippen molar-refractivity contribution in [3.63, 3.8) is 0 Å². The second-order valence-electron chi connectivity index (χ2n) is 5.16. The highest BCUT2D eigenvalue weighted by molar-refractivity contribution is 6.30. The monoisotopic (exact) mass is 267 g/mol. The number of benzene rings is 1. The summed E-state index contributed by atoms with van der Waals surface area (Å²) in [7, 11) is 0. The molecule has 1 heterocycles. The lowest BCUT2D eigenvalue weighted by atomic mass is 9.96. The molecule has 1 aliphatic rings. The van der Waals surface area contributed by atoms with Gasteiger partial charge in [0.2, 0.25) is 0 Å². The molecule has 0 bridgehead atoms. The van der Waals surface area contributed by atoms with Crippen LogP contribution in [0.1, 0.15) is 50.2 Å². The van der Waals surface area contributed by atoms with Crippen LogP contribution in [-0.2, 0) is 0 Å². The second kappa shape index (κ2) is 7.13. The van der Waals surface area contributed by atoms with E-state index in [0.29, 0.717) is 6.04 Å². The molecule has 2 atom stereocenters. The van der Waals surface area contributed by atoms with E-state index >= 15 is 0 Å². The molecule has 1 saturated heterocycles. The van der Waals surface area contributed by atoms with E-state index in [1.807, 2.05) is 24.3 Å². The number of nitrogens with one attached hydrogen (secondary N) is 1. The lowest BCUT2D eigenvalue weighted by molar-refractivity contribution is 0.147. The smallest absolute Gasteiger partial charge is 0.0804 e. The molecule has 0 radical (unpaired) electrons. The second-order valence-corrected chi connectivity index (χ2v) is 5.59. The van der Waals surface area contributed by atoms with Crippen LogP contribution in [0.3, 0.4) is 0 Å². The van der Waals surface area contributed by atoms with Gasteiger partial charge in [0.25, 0.3) is 0 Å². The molecule has 18 heavy (non-hydrogen) atoms. The number of aliphatic hydroxyl groups is 1. The van der Waals surface area contributed by atoms with Crippen LogP contribution in [0.4, 0.5) is 0 Å². The average Bonchev–Trinajstić information content (AvgIpc) is 2.33. The average molecular weight is 268 g/mol. The van der Waals surface area contributed by atoms with Crippen molar-refractivity contribution in [3.8, 4) is 0 Å². The normalized spacial score (nSPS) is 23.1. The Bertz CT molecular complexity index is 344. The van der Waals surface area contributed by atoms with E-state index in [0.717, 1.165) is 23.6 Å². The Morgan fingerprint density at radius 3 is 2.67 bits per heavy atom. The zero-order valence-electron chi connectivity index (χ0n) is 10.7. The van der Waals surface area contributed by atoms with Crippen LogP contribution >= 0.6 is 11.6 Å². The number of aliphatic hydroxyl groups excluding tert-OH is 1. The molecular formula is C15H22ClNO. The summed E-state index contributed by atoms with van der Waals surface area (Å²) in [5.74, 6) is 0. The highest BCUT2D eigenvalue weighted by Crippen LogP contribution is 2.23. The quantitative estimate of drug-likeness (QED) is 0.876. The summed E-state index contributed by atoms with van der Waals surface area (Å²) in [6.45, 7) is 1.08. The highest BCUT2D eigenvalue weighted by Gasteiger charge is 2.16. The van der Waals surface area contributed by atoms with Gasteiger partial charge in [-0.3, -0.25) is 0 Å². The molecule has 2 unspecified atom stereocenters. The van der Waals surface area contributed by atoms with Gasteiger partial charge in [0.1, 0.15) is 0 Å². The molecule has 1 aromatic carbocycles. The zero-order chi connectivity index (χ0) is 12.8. The number of hydrogen-bond donors (Lipinski definition) is 2. The van der Waals surface area contributed by atoms with Crippen LogP contribution in [0.2, 0.25) is 5.02 Å². The molecule has 3 heteroatoms. The van der Waals surface area contributed by atoms with Gasteiger partial charge in [-0.2, -0.15) is 0 Å². The maximum Gasteiger partial charge on any atom is 0.0804 e. The van der Waals surface area contributed by atoms with Crippen LogP contribution in [0.25, 0.3) is 0 Å².